The highest BCUT2D eigenvalue weighted by Gasteiger charge is 2.23. The second-order valence-electron chi connectivity index (χ2n) is 4.65. The molecule has 2 rings (SSSR count). The molecule has 6 heteroatoms. The third-order valence-corrected chi connectivity index (χ3v) is 4.65. The highest BCUT2D eigenvalue weighted by molar-refractivity contribution is 7.89. The Hall–Kier alpha value is -0.170. The van der Waals surface area contributed by atoms with Gasteiger partial charge >= 0.3 is 0 Å². The molecular formula is C10H20N2O3S. The molecular weight excluding hydrogens is 228 g/mol. The predicted octanol–water partition coefficient (Wildman–Crippen LogP) is -0.306. The van der Waals surface area contributed by atoms with E-state index in [4.69, 9.17) is 4.74 Å². The average Bonchev–Trinajstić information content (AvgIpc) is 2.85. The van der Waals surface area contributed by atoms with Crippen molar-refractivity contribution in [2.75, 3.05) is 32.1 Å². The lowest BCUT2D eigenvalue weighted by Gasteiger charge is -2.13. The Balaban J connectivity index is 1.73. The van der Waals surface area contributed by atoms with Crippen molar-refractivity contribution in [2.24, 2.45) is 5.92 Å². The fourth-order valence-corrected chi connectivity index (χ4v) is 3.63. The molecule has 2 atom stereocenters. The Morgan fingerprint density at radius 1 is 1.38 bits per heavy atom. The number of sulfonamides is 1. The van der Waals surface area contributed by atoms with Gasteiger partial charge in [-0.15, -0.1) is 0 Å². The van der Waals surface area contributed by atoms with Crippen LogP contribution in [0.15, 0.2) is 0 Å². The second-order valence-corrected chi connectivity index (χ2v) is 6.50. The van der Waals surface area contributed by atoms with Crippen molar-refractivity contribution in [1.29, 1.82) is 0 Å². The van der Waals surface area contributed by atoms with Crippen molar-refractivity contribution < 1.29 is 13.2 Å². The molecule has 0 amide bonds. The van der Waals surface area contributed by atoms with Crippen LogP contribution in [0.4, 0.5) is 0 Å². The van der Waals surface area contributed by atoms with Gasteiger partial charge in [0.05, 0.1) is 12.4 Å². The maximum Gasteiger partial charge on any atom is 0.213 e. The van der Waals surface area contributed by atoms with Crippen LogP contribution in [-0.4, -0.2) is 46.5 Å². The molecule has 0 aromatic heterocycles. The van der Waals surface area contributed by atoms with Crippen LogP contribution < -0.4 is 10.0 Å². The van der Waals surface area contributed by atoms with Crippen molar-refractivity contribution in [1.82, 2.24) is 10.0 Å². The van der Waals surface area contributed by atoms with Crippen molar-refractivity contribution >= 4 is 10.0 Å². The molecule has 2 N–H and O–H groups in total. The van der Waals surface area contributed by atoms with Gasteiger partial charge in [0, 0.05) is 19.2 Å². The summed E-state index contributed by atoms with van der Waals surface area (Å²) in [4.78, 5) is 0. The summed E-state index contributed by atoms with van der Waals surface area (Å²) in [6.45, 7) is 2.91. The van der Waals surface area contributed by atoms with Gasteiger partial charge in [-0.05, 0) is 31.7 Å². The first-order chi connectivity index (χ1) is 7.66. The van der Waals surface area contributed by atoms with Gasteiger partial charge < -0.3 is 10.1 Å². The number of rotatable bonds is 5. The summed E-state index contributed by atoms with van der Waals surface area (Å²) in [6, 6.07) is 0.136. The third kappa shape index (κ3) is 3.69. The Bertz CT molecular complexity index is 306. The normalized spacial score (nSPS) is 31.0. The van der Waals surface area contributed by atoms with Crippen LogP contribution in [0.3, 0.4) is 0 Å². The Labute approximate surface area is 97.0 Å². The molecule has 0 aromatic rings. The highest BCUT2D eigenvalue weighted by Crippen LogP contribution is 2.12. The molecule has 16 heavy (non-hydrogen) atoms. The standard InChI is InChI=1S/C10H20N2O3S/c13-16(14,8-10-2-1-4-11-10)12-6-9-3-5-15-7-9/h9-12H,1-8H2. The maximum atomic E-state index is 11.8. The first-order valence-electron chi connectivity index (χ1n) is 5.94. The molecule has 0 aromatic carbocycles. The van der Waals surface area contributed by atoms with Gasteiger partial charge in [-0.1, -0.05) is 0 Å². The lowest BCUT2D eigenvalue weighted by Crippen LogP contribution is -2.38. The number of hydrogen-bond donors (Lipinski definition) is 2. The third-order valence-electron chi connectivity index (χ3n) is 3.20. The second kappa shape index (κ2) is 5.44. The van der Waals surface area contributed by atoms with Crippen molar-refractivity contribution in [3.8, 4) is 0 Å². The van der Waals surface area contributed by atoms with E-state index in [1.54, 1.807) is 0 Å². The van der Waals surface area contributed by atoms with Gasteiger partial charge in [0.25, 0.3) is 0 Å². The SMILES string of the molecule is O=S(=O)(CC1CCCN1)NCC1CCOC1. The van der Waals surface area contributed by atoms with Crippen LogP contribution in [0.1, 0.15) is 19.3 Å². The minimum atomic E-state index is -3.12. The van der Waals surface area contributed by atoms with E-state index in [9.17, 15) is 8.42 Å². The molecule has 94 valence electrons. The zero-order valence-corrected chi connectivity index (χ0v) is 10.3. The van der Waals surface area contributed by atoms with Gasteiger partial charge in [-0.25, -0.2) is 13.1 Å². The summed E-state index contributed by atoms with van der Waals surface area (Å²) >= 11 is 0. The zero-order valence-electron chi connectivity index (χ0n) is 9.44. The van der Waals surface area contributed by atoms with Gasteiger partial charge in [0.1, 0.15) is 0 Å². The van der Waals surface area contributed by atoms with Crippen molar-refractivity contribution in [3.05, 3.63) is 0 Å². The van der Waals surface area contributed by atoms with E-state index in [1.807, 2.05) is 0 Å². The summed E-state index contributed by atoms with van der Waals surface area (Å²) in [5, 5.41) is 3.20. The first kappa shape index (κ1) is 12.3. The molecule has 0 spiro atoms. The van der Waals surface area contributed by atoms with Crippen LogP contribution in [-0.2, 0) is 14.8 Å². The molecule has 2 aliphatic rings. The quantitative estimate of drug-likeness (QED) is 0.700. The van der Waals surface area contributed by atoms with Gasteiger partial charge in [0.2, 0.25) is 10.0 Å². The van der Waals surface area contributed by atoms with Crippen LogP contribution >= 0.6 is 0 Å². The van der Waals surface area contributed by atoms with Crippen LogP contribution in [0.25, 0.3) is 0 Å². The average molecular weight is 248 g/mol. The Kier molecular flexibility index (Phi) is 4.18. The topological polar surface area (TPSA) is 67.4 Å². The van der Waals surface area contributed by atoms with Gasteiger partial charge in [0.15, 0.2) is 0 Å². The summed E-state index contributed by atoms with van der Waals surface area (Å²) in [5.74, 6) is 0.562. The predicted molar refractivity (Wildman–Crippen MR) is 61.7 cm³/mol. The number of hydrogen-bond acceptors (Lipinski definition) is 4. The Morgan fingerprint density at radius 3 is 2.88 bits per heavy atom. The van der Waals surface area contributed by atoms with E-state index >= 15 is 0 Å². The summed E-state index contributed by atoms with van der Waals surface area (Å²) in [7, 11) is -3.12. The molecule has 0 bridgehead atoms. The molecule has 0 radical (unpaired) electrons. The summed E-state index contributed by atoms with van der Waals surface area (Å²) in [6.07, 6.45) is 3.01. The van der Waals surface area contributed by atoms with Crippen LogP contribution in [0.5, 0.6) is 0 Å². The smallest absolute Gasteiger partial charge is 0.213 e. The molecule has 0 aliphatic carbocycles. The van der Waals surface area contributed by atoms with E-state index in [0.717, 1.165) is 32.4 Å². The molecule has 2 saturated heterocycles. The van der Waals surface area contributed by atoms with Crippen LogP contribution in [0.2, 0.25) is 0 Å². The highest BCUT2D eigenvalue weighted by atomic mass is 32.2. The molecule has 2 fully saturated rings. The summed E-state index contributed by atoms with van der Waals surface area (Å²) < 4.78 is 31.4. The monoisotopic (exact) mass is 248 g/mol. The largest absolute Gasteiger partial charge is 0.381 e. The maximum absolute atomic E-state index is 11.8. The lowest BCUT2D eigenvalue weighted by molar-refractivity contribution is 0.186. The molecule has 0 saturated carbocycles. The molecule has 2 heterocycles. The van der Waals surface area contributed by atoms with E-state index in [0.29, 0.717) is 19.1 Å². The molecule has 2 unspecified atom stereocenters. The molecule has 5 nitrogen and oxygen atoms in total. The molecule has 2 aliphatic heterocycles. The van der Waals surface area contributed by atoms with E-state index in [2.05, 4.69) is 10.0 Å². The van der Waals surface area contributed by atoms with Crippen molar-refractivity contribution in [2.45, 2.75) is 25.3 Å². The fourth-order valence-electron chi connectivity index (χ4n) is 2.21. The van der Waals surface area contributed by atoms with E-state index in [-0.39, 0.29) is 11.8 Å². The first-order valence-corrected chi connectivity index (χ1v) is 7.59. The van der Waals surface area contributed by atoms with Gasteiger partial charge in [-0.2, -0.15) is 0 Å². The van der Waals surface area contributed by atoms with Gasteiger partial charge in [-0.3, -0.25) is 0 Å². The van der Waals surface area contributed by atoms with E-state index < -0.39 is 10.0 Å². The Morgan fingerprint density at radius 2 is 2.25 bits per heavy atom. The van der Waals surface area contributed by atoms with Crippen LogP contribution in [0, 0.1) is 5.92 Å². The minimum absolute atomic E-state index is 0.136. The minimum Gasteiger partial charge on any atom is -0.381 e. The zero-order chi connectivity index (χ0) is 11.4. The summed E-state index contributed by atoms with van der Waals surface area (Å²) in [5.41, 5.74) is 0. The lowest BCUT2D eigenvalue weighted by atomic mass is 10.1. The fraction of sp³-hybridized carbons (Fsp3) is 1.00. The van der Waals surface area contributed by atoms with Crippen molar-refractivity contribution in [3.63, 3.8) is 0 Å². The number of nitrogens with one attached hydrogen (secondary N) is 2. The van der Waals surface area contributed by atoms with E-state index in [1.165, 1.54) is 0 Å². The number of ether oxygens (including phenoxy) is 1.